The van der Waals surface area contributed by atoms with Crippen molar-refractivity contribution in [3.63, 3.8) is 0 Å². The molecule has 29 heavy (non-hydrogen) atoms. The Hall–Kier alpha value is -2.45. The summed E-state index contributed by atoms with van der Waals surface area (Å²) in [6.45, 7) is 2.34. The number of sulfonamides is 1. The normalized spacial score (nSPS) is 17.9. The smallest absolute Gasteiger partial charge is 0.251 e. The summed E-state index contributed by atoms with van der Waals surface area (Å²) in [5.74, 6) is 0.0226. The largest absolute Gasteiger partial charge is 0.369 e. The molecule has 1 aliphatic carbocycles. The monoisotopic (exact) mass is 417 g/mol. The summed E-state index contributed by atoms with van der Waals surface area (Å²) >= 11 is 0. The highest BCUT2D eigenvalue weighted by atomic mass is 32.2. The Labute approximate surface area is 170 Å². The maximum absolute atomic E-state index is 13.1. The van der Waals surface area contributed by atoms with Crippen molar-refractivity contribution in [1.82, 2.24) is 9.62 Å². The fourth-order valence-corrected chi connectivity index (χ4v) is 4.92. The molecule has 4 rings (SSSR count). The van der Waals surface area contributed by atoms with E-state index in [1.165, 1.54) is 28.6 Å². The van der Waals surface area contributed by atoms with Gasteiger partial charge in [0.2, 0.25) is 10.0 Å². The number of amides is 1. The quantitative estimate of drug-likeness (QED) is 0.784. The van der Waals surface area contributed by atoms with Crippen molar-refractivity contribution in [2.24, 2.45) is 5.92 Å². The maximum Gasteiger partial charge on any atom is 0.251 e. The fourth-order valence-electron chi connectivity index (χ4n) is 3.45. The van der Waals surface area contributed by atoms with E-state index in [1.54, 1.807) is 24.3 Å². The Morgan fingerprint density at radius 2 is 1.72 bits per heavy atom. The van der Waals surface area contributed by atoms with E-state index >= 15 is 0 Å². The predicted molar refractivity (Wildman–Crippen MR) is 109 cm³/mol. The number of benzene rings is 2. The first-order chi connectivity index (χ1) is 13.9. The zero-order valence-corrected chi connectivity index (χ0v) is 16.9. The van der Waals surface area contributed by atoms with E-state index in [9.17, 15) is 17.6 Å². The van der Waals surface area contributed by atoms with Gasteiger partial charge in [0, 0.05) is 44.0 Å². The topological polar surface area (TPSA) is 69.7 Å². The second kappa shape index (κ2) is 8.12. The minimum Gasteiger partial charge on any atom is -0.369 e. The van der Waals surface area contributed by atoms with Crippen LogP contribution in [0.25, 0.3) is 0 Å². The average molecular weight is 418 g/mol. The molecule has 1 saturated carbocycles. The van der Waals surface area contributed by atoms with Crippen molar-refractivity contribution in [2.45, 2.75) is 17.7 Å². The molecule has 1 saturated heterocycles. The molecule has 154 valence electrons. The molecule has 0 atom stereocenters. The number of nitrogens with zero attached hydrogens (tertiary/aromatic N) is 2. The van der Waals surface area contributed by atoms with Gasteiger partial charge in [-0.2, -0.15) is 4.31 Å². The number of piperazine rings is 1. The van der Waals surface area contributed by atoms with Gasteiger partial charge in [-0.15, -0.1) is 0 Å². The number of carbonyl (C=O) groups is 1. The molecule has 2 aromatic carbocycles. The molecule has 1 aliphatic heterocycles. The summed E-state index contributed by atoms with van der Waals surface area (Å²) in [4.78, 5) is 14.5. The summed E-state index contributed by atoms with van der Waals surface area (Å²) in [5, 5.41) is 2.87. The highest BCUT2D eigenvalue weighted by molar-refractivity contribution is 7.89. The third kappa shape index (κ3) is 4.59. The van der Waals surface area contributed by atoms with Gasteiger partial charge in [0.15, 0.2) is 0 Å². The number of halogens is 1. The van der Waals surface area contributed by atoms with E-state index in [0.29, 0.717) is 44.2 Å². The van der Waals surface area contributed by atoms with Crippen LogP contribution < -0.4 is 10.2 Å². The summed E-state index contributed by atoms with van der Waals surface area (Å²) in [6.07, 6.45) is 2.27. The van der Waals surface area contributed by atoms with E-state index in [0.717, 1.165) is 18.5 Å². The molecular formula is C21H24FN3O3S. The maximum atomic E-state index is 13.1. The van der Waals surface area contributed by atoms with E-state index in [4.69, 9.17) is 0 Å². The molecule has 2 fully saturated rings. The highest BCUT2D eigenvalue weighted by Crippen LogP contribution is 2.27. The molecule has 1 amide bonds. The third-order valence-electron chi connectivity index (χ3n) is 5.41. The van der Waals surface area contributed by atoms with Crippen LogP contribution in [0.5, 0.6) is 0 Å². The van der Waals surface area contributed by atoms with Gasteiger partial charge in [0.25, 0.3) is 5.91 Å². The van der Waals surface area contributed by atoms with Gasteiger partial charge in [-0.1, -0.05) is 6.07 Å². The molecule has 0 radical (unpaired) electrons. The van der Waals surface area contributed by atoms with Crippen LogP contribution in [0.2, 0.25) is 0 Å². The molecule has 6 nitrogen and oxygen atoms in total. The summed E-state index contributed by atoms with van der Waals surface area (Å²) in [7, 11) is -3.68. The van der Waals surface area contributed by atoms with Crippen molar-refractivity contribution in [3.05, 3.63) is 59.9 Å². The molecule has 0 unspecified atom stereocenters. The van der Waals surface area contributed by atoms with Gasteiger partial charge in [-0.25, -0.2) is 12.8 Å². The van der Waals surface area contributed by atoms with E-state index in [2.05, 4.69) is 5.32 Å². The van der Waals surface area contributed by atoms with Crippen LogP contribution in [0.4, 0.5) is 10.1 Å². The van der Waals surface area contributed by atoms with Crippen LogP contribution >= 0.6 is 0 Å². The number of hydrogen-bond acceptors (Lipinski definition) is 4. The lowest BCUT2D eigenvalue weighted by Gasteiger charge is -2.35. The first kappa shape index (κ1) is 19.8. The van der Waals surface area contributed by atoms with Gasteiger partial charge in [-0.3, -0.25) is 4.79 Å². The molecule has 1 heterocycles. The summed E-state index contributed by atoms with van der Waals surface area (Å²) < 4.78 is 40.6. The van der Waals surface area contributed by atoms with E-state index in [-0.39, 0.29) is 16.6 Å². The van der Waals surface area contributed by atoms with Crippen LogP contribution in [0.3, 0.4) is 0 Å². The average Bonchev–Trinajstić information content (AvgIpc) is 3.57. The molecular weight excluding hydrogens is 393 g/mol. The molecule has 0 aromatic heterocycles. The highest BCUT2D eigenvalue weighted by Gasteiger charge is 2.29. The van der Waals surface area contributed by atoms with Gasteiger partial charge in [-0.05, 0) is 61.2 Å². The number of nitrogens with one attached hydrogen (secondary N) is 1. The van der Waals surface area contributed by atoms with Crippen molar-refractivity contribution in [3.8, 4) is 0 Å². The summed E-state index contributed by atoms with van der Waals surface area (Å²) in [6, 6.07) is 12.4. The molecule has 8 heteroatoms. The molecule has 1 N–H and O–H groups in total. The summed E-state index contributed by atoms with van der Waals surface area (Å²) in [5.41, 5.74) is 1.23. The molecule has 2 aliphatic rings. The first-order valence-electron chi connectivity index (χ1n) is 9.82. The Kier molecular flexibility index (Phi) is 5.56. The van der Waals surface area contributed by atoms with Crippen molar-refractivity contribution >= 4 is 21.6 Å². The van der Waals surface area contributed by atoms with Crippen molar-refractivity contribution in [1.29, 1.82) is 0 Å². The second-order valence-corrected chi connectivity index (χ2v) is 9.49. The minimum absolute atomic E-state index is 0.131. The number of rotatable bonds is 6. The van der Waals surface area contributed by atoms with Crippen LogP contribution in [0, 0.1) is 11.7 Å². The Morgan fingerprint density at radius 1 is 1.03 bits per heavy atom. The van der Waals surface area contributed by atoms with Gasteiger partial charge in [0.1, 0.15) is 5.82 Å². The third-order valence-corrected chi connectivity index (χ3v) is 7.31. The minimum atomic E-state index is -3.68. The van der Waals surface area contributed by atoms with Crippen LogP contribution in [0.15, 0.2) is 53.4 Å². The number of carbonyl (C=O) groups excluding carboxylic acids is 1. The van der Waals surface area contributed by atoms with Crippen molar-refractivity contribution in [2.75, 3.05) is 37.6 Å². The lowest BCUT2D eigenvalue weighted by atomic mass is 10.2. The molecule has 2 aromatic rings. The zero-order chi connectivity index (χ0) is 20.4. The lowest BCUT2D eigenvalue weighted by molar-refractivity contribution is 0.0951. The Bertz CT molecular complexity index is 982. The van der Waals surface area contributed by atoms with E-state index in [1.807, 2.05) is 4.90 Å². The molecule has 0 bridgehead atoms. The Balaban J connectivity index is 1.42. The second-order valence-electron chi connectivity index (χ2n) is 7.55. The SMILES string of the molecule is O=C(NCC1CC1)c1cccc(S(=O)(=O)N2CCN(c3ccc(F)cc3)CC2)c1. The number of anilines is 1. The molecule has 0 spiro atoms. The first-order valence-corrected chi connectivity index (χ1v) is 11.3. The predicted octanol–water partition coefficient (Wildman–Crippen LogP) is 2.48. The lowest BCUT2D eigenvalue weighted by Crippen LogP contribution is -2.48. The van der Waals surface area contributed by atoms with Crippen molar-refractivity contribution < 1.29 is 17.6 Å². The number of hydrogen-bond donors (Lipinski definition) is 1. The standard InChI is InChI=1S/C21H24FN3O3S/c22-18-6-8-19(9-7-18)24-10-12-25(13-11-24)29(27,28)20-3-1-2-17(14-20)21(26)23-15-16-4-5-16/h1-3,6-9,14,16H,4-5,10-13,15H2,(H,23,26). The van der Waals surface area contributed by atoms with Crippen LogP contribution in [-0.4, -0.2) is 51.4 Å². The van der Waals surface area contributed by atoms with Gasteiger partial charge < -0.3 is 10.2 Å². The van der Waals surface area contributed by atoms with Crippen LogP contribution in [-0.2, 0) is 10.0 Å². The Morgan fingerprint density at radius 3 is 2.38 bits per heavy atom. The van der Waals surface area contributed by atoms with E-state index < -0.39 is 10.0 Å². The van der Waals surface area contributed by atoms with Gasteiger partial charge in [0.05, 0.1) is 4.90 Å². The van der Waals surface area contributed by atoms with Crippen LogP contribution in [0.1, 0.15) is 23.2 Å². The zero-order valence-electron chi connectivity index (χ0n) is 16.1. The van der Waals surface area contributed by atoms with Gasteiger partial charge >= 0.3 is 0 Å². The fraction of sp³-hybridized carbons (Fsp3) is 0.381.